The Hall–Kier alpha value is -0.750. The van der Waals surface area contributed by atoms with Crippen molar-refractivity contribution >= 4 is 34.8 Å². The van der Waals surface area contributed by atoms with E-state index < -0.39 is 0 Å². The third kappa shape index (κ3) is 2.49. The van der Waals surface area contributed by atoms with Crippen LogP contribution < -0.4 is 10.6 Å². The molecule has 2 heterocycles. The van der Waals surface area contributed by atoms with Gasteiger partial charge in [-0.05, 0) is 13.3 Å². The van der Waals surface area contributed by atoms with E-state index in [0.717, 1.165) is 35.9 Å². The first-order valence-electron chi connectivity index (χ1n) is 6.24. The van der Waals surface area contributed by atoms with Crippen LogP contribution in [0.3, 0.4) is 0 Å². The number of aryl methyl sites for hydroxylation is 2. The van der Waals surface area contributed by atoms with Gasteiger partial charge in [0, 0.05) is 31.1 Å². The molecule has 0 aromatic carbocycles. The van der Waals surface area contributed by atoms with Crippen LogP contribution in [0.2, 0.25) is 0 Å². The van der Waals surface area contributed by atoms with Gasteiger partial charge in [-0.3, -0.25) is 4.68 Å². The van der Waals surface area contributed by atoms with Crippen LogP contribution in [-0.4, -0.2) is 38.9 Å². The fourth-order valence-electron chi connectivity index (χ4n) is 2.46. The predicted octanol–water partition coefficient (Wildman–Crippen LogP) is 1.69. The van der Waals surface area contributed by atoms with E-state index in [-0.39, 0.29) is 0 Å². The van der Waals surface area contributed by atoms with Crippen LogP contribution in [0.4, 0.5) is 5.82 Å². The maximum atomic E-state index is 5.85. The SMILES string of the molecule is CCC1CN(c2c(C(N)=S)c(C)nn2C)CCS1. The first-order valence-corrected chi connectivity index (χ1v) is 7.70. The summed E-state index contributed by atoms with van der Waals surface area (Å²) in [6, 6.07) is 0. The Balaban J connectivity index is 2.35. The van der Waals surface area contributed by atoms with E-state index in [4.69, 9.17) is 18.0 Å². The molecule has 0 bridgehead atoms. The summed E-state index contributed by atoms with van der Waals surface area (Å²) >= 11 is 7.22. The topological polar surface area (TPSA) is 47.1 Å². The fourth-order valence-corrected chi connectivity index (χ4v) is 3.88. The molecule has 0 amide bonds. The molecule has 1 saturated heterocycles. The molecule has 0 aliphatic carbocycles. The third-order valence-electron chi connectivity index (χ3n) is 3.33. The zero-order chi connectivity index (χ0) is 13.3. The summed E-state index contributed by atoms with van der Waals surface area (Å²) in [6.45, 7) is 6.30. The van der Waals surface area contributed by atoms with E-state index in [0.29, 0.717) is 10.2 Å². The van der Waals surface area contributed by atoms with Gasteiger partial charge in [-0.1, -0.05) is 19.1 Å². The number of hydrogen-bond donors (Lipinski definition) is 1. The van der Waals surface area contributed by atoms with Gasteiger partial charge in [-0.15, -0.1) is 0 Å². The molecule has 100 valence electrons. The fraction of sp³-hybridized carbons (Fsp3) is 0.667. The van der Waals surface area contributed by atoms with Crippen molar-refractivity contribution in [1.29, 1.82) is 0 Å². The van der Waals surface area contributed by atoms with Gasteiger partial charge < -0.3 is 10.6 Å². The standard InChI is InChI=1S/C12H20N4S2/c1-4-9-7-16(5-6-18-9)12-10(11(13)17)8(2)14-15(12)3/h9H,4-7H2,1-3H3,(H2,13,17). The van der Waals surface area contributed by atoms with E-state index in [9.17, 15) is 0 Å². The molecule has 0 spiro atoms. The number of anilines is 1. The van der Waals surface area contributed by atoms with Gasteiger partial charge in [0.25, 0.3) is 0 Å². The van der Waals surface area contributed by atoms with E-state index in [1.165, 1.54) is 6.42 Å². The lowest BCUT2D eigenvalue weighted by atomic mass is 10.2. The molecule has 1 aromatic rings. The van der Waals surface area contributed by atoms with Crippen molar-refractivity contribution in [2.75, 3.05) is 23.7 Å². The first kappa shape index (κ1) is 13.7. The maximum Gasteiger partial charge on any atom is 0.137 e. The average Bonchev–Trinajstić information content (AvgIpc) is 2.64. The van der Waals surface area contributed by atoms with Crippen molar-refractivity contribution in [3.63, 3.8) is 0 Å². The molecule has 1 atom stereocenters. The largest absolute Gasteiger partial charge is 0.389 e. The normalized spacial score (nSPS) is 20.2. The van der Waals surface area contributed by atoms with Crippen LogP contribution in [0.1, 0.15) is 24.6 Å². The molecule has 1 aromatic heterocycles. The minimum Gasteiger partial charge on any atom is -0.389 e. The molecule has 2 rings (SSSR count). The molecule has 1 aliphatic rings. The number of nitrogens with two attached hydrogens (primary N) is 1. The van der Waals surface area contributed by atoms with Gasteiger partial charge in [-0.25, -0.2) is 0 Å². The molecule has 18 heavy (non-hydrogen) atoms. The lowest BCUT2D eigenvalue weighted by molar-refractivity contribution is 0.674. The zero-order valence-electron chi connectivity index (χ0n) is 11.1. The number of aromatic nitrogens is 2. The number of hydrogen-bond acceptors (Lipinski definition) is 4. The van der Waals surface area contributed by atoms with E-state index in [1.54, 1.807) is 0 Å². The van der Waals surface area contributed by atoms with Crippen molar-refractivity contribution in [2.24, 2.45) is 12.8 Å². The summed E-state index contributed by atoms with van der Waals surface area (Å²) in [5, 5.41) is 5.15. The molecule has 1 aliphatic heterocycles. The number of thioether (sulfide) groups is 1. The lowest BCUT2D eigenvalue weighted by Gasteiger charge is -2.34. The average molecular weight is 284 g/mol. The second kappa shape index (κ2) is 5.48. The number of thiocarbonyl (C=S) groups is 1. The summed E-state index contributed by atoms with van der Waals surface area (Å²) in [7, 11) is 1.97. The van der Waals surface area contributed by atoms with Crippen LogP contribution in [0.5, 0.6) is 0 Å². The molecule has 4 nitrogen and oxygen atoms in total. The molecule has 2 N–H and O–H groups in total. The molecule has 6 heteroatoms. The Kier molecular flexibility index (Phi) is 4.17. The highest BCUT2D eigenvalue weighted by molar-refractivity contribution is 8.00. The Labute approximate surface area is 118 Å². The summed E-state index contributed by atoms with van der Waals surface area (Å²) in [4.78, 5) is 2.82. The van der Waals surface area contributed by atoms with Gasteiger partial charge >= 0.3 is 0 Å². The van der Waals surface area contributed by atoms with Gasteiger partial charge in [-0.2, -0.15) is 16.9 Å². The van der Waals surface area contributed by atoms with E-state index in [2.05, 4.69) is 28.7 Å². The summed E-state index contributed by atoms with van der Waals surface area (Å²) in [6.07, 6.45) is 1.19. The van der Waals surface area contributed by atoms with Crippen molar-refractivity contribution in [3.8, 4) is 0 Å². The van der Waals surface area contributed by atoms with Crippen LogP contribution in [0.15, 0.2) is 0 Å². The minimum absolute atomic E-state index is 0.446. The molecule has 0 saturated carbocycles. The Morgan fingerprint density at radius 2 is 2.33 bits per heavy atom. The lowest BCUT2D eigenvalue weighted by Crippen LogP contribution is -2.39. The van der Waals surface area contributed by atoms with Crippen molar-refractivity contribution in [1.82, 2.24) is 9.78 Å². The Morgan fingerprint density at radius 1 is 1.61 bits per heavy atom. The highest BCUT2D eigenvalue weighted by atomic mass is 32.2. The molecular weight excluding hydrogens is 264 g/mol. The van der Waals surface area contributed by atoms with E-state index in [1.807, 2.05) is 18.7 Å². The first-order chi connectivity index (χ1) is 8.54. The monoisotopic (exact) mass is 284 g/mol. The van der Waals surface area contributed by atoms with Crippen LogP contribution in [0.25, 0.3) is 0 Å². The Bertz CT molecular complexity index is 455. The van der Waals surface area contributed by atoms with Gasteiger partial charge in [0.05, 0.1) is 11.3 Å². The maximum absolute atomic E-state index is 5.85. The molecule has 1 unspecified atom stereocenters. The summed E-state index contributed by atoms with van der Waals surface area (Å²) in [5.74, 6) is 2.23. The quantitative estimate of drug-likeness (QED) is 0.856. The number of rotatable bonds is 3. The summed E-state index contributed by atoms with van der Waals surface area (Å²) in [5.41, 5.74) is 7.71. The highest BCUT2D eigenvalue weighted by Crippen LogP contribution is 2.29. The minimum atomic E-state index is 0.446. The second-order valence-corrected chi connectivity index (χ2v) is 6.47. The van der Waals surface area contributed by atoms with Crippen LogP contribution in [0, 0.1) is 6.92 Å². The van der Waals surface area contributed by atoms with Crippen LogP contribution >= 0.6 is 24.0 Å². The summed E-state index contributed by atoms with van der Waals surface area (Å²) < 4.78 is 1.91. The third-order valence-corrected chi connectivity index (χ3v) is 4.91. The molecular formula is C12H20N4S2. The Morgan fingerprint density at radius 3 is 2.94 bits per heavy atom. The smallest absolute Gasteiger partial charge is 0.137 e. The zero-order valence-corrected chi connectivity index (χ0v) is 12.8. The van der Waals surface area contributed by atoms with Gasteiger partial charge in [0.15, 0.2) is 0 Å². The van der Waals surface area contributed by atoms with Crippen molar-refractivity contribution in [2.45, 2.75) is 25.5 Å². The highest BCUT2D eigenvalue weighted by Gasteiger charge is 2.26. The second-order valence-electron chi connectivity index (χ2n) is 4.62. The van der Waals surface area contributed by atoms with Crippen LogP contribution in [-0.2, 0) is 7.05 Å². The molecule has 1 fully saturated rings. The van der Waals surface area contributed by atoms with E-state index >= 15 is 0 Å². The predicted molar refractivity (Wildman–Crippen MR) is 82.6 cm³/mol. The van der Waals surface area contributed by atoms with Crippen molar-refractivity contribution in [3.05, 3.63) is 11.3 Å². The van der Waals surface area contributed by atoms with Gasteiger partial charge in [0.2, 0.25) is 0 Å². The van der Waals surface area contributed by atoms with Gasteiger partial charge in [0.1, 0.15) is 10.8 Å². The van der Waals surface area contributed by atoms with Crippen molar-refractivity contribution < 1.29 is 0 Å². The number of nitrogens with zero attached hydrogens (tertiary/aromatic N) is 3. The molecule has 0 radical (unpaired) electrons.